The molecule has 0 spiro atoms. The second-order valence-electron chi connectivity index (χ2n) is 6.75. The Morgan fingerprint density at radius 1 is 1.07 bits per heavy atom. The minimum atomic E-state index is -0.186. The van der Waals surface area contributed by atoms with Crippen LogP contribution in [0.3, 0.4) is 0 Å². The van der Waals surface area contributed by atoms with E-state index in [0.29, 0.717) is 22.7 Å². The number of benzene rings is 2. The Kier molecular flexibility index (Phi) is 5.25. The molecule has 0 aliphatic heterocycles. The van der Waals surface area contributed by atoms with E-state index in [2.05, 4.69) is 15.5 Å². The van der Waals surface area contributed by atoms with Crippen LogP contribution in [0, 0.1) is 0 Å². The zero-order chi connectivity index (χ0) is 19.5. The number of hydrogen-bond acceptors (Lipinski definition) is 5. The third-order valence-electron chi connectivity index (χ3n) is 4.63. The lowest BCUT2D eigenvalue weighted by Crippen LogP contribution is -2.17. The zero-order valence-electron chi connectivity index (χ0n) is 15.5. The summed E-state index contributed by atoms with van der Waals surface area (Å²) < 4.78 is 1.96. The van der Waals surface area contributed by atoms with E-state index >= 15 is 0 Å². The highest BCUT2D eigenvalue weighted by molar-refractivity contribution is 7.99. The highest BCUT2D eigenvalue weighted by Crippen LogP contribution is 2.39. The van der Waals surface area contributed by atoms with Crippen LogP contribution in [0.2, 0.25) is 0 Å². The Morgan fingerprint density at radius 2 is 1.79 bits per heavy atom. The first-order chi connectivity index (χ1) is 13.6. The van der Waals surface area contributed by atoms with Gasteiger partial charge in [-0.25, -0.2) is 0 Å². The fraction of sp³-hybridized carbons (Fsp3) is 0.238. The minimum Gasteiger partial charge on any atom is -0.325 e. The molecule has 6 nitrogen and oxygen atoms in total. The van der Waals surface area contributed by atoms with Gasteiger partial charge in [0.25, 0.3) is 0 Å². The molecule has 4 rings (SSSR count). The first kappa shape index (κ1) is 18.4. The highest BCUT2D eigenvalue weighted by atomic mass is 32.2. The fourth-order valence-corrected chi connectivity index (χ4v) is 3.72. The molecule has 0 atom stereocenters. The second kappa shape index (κ2) is 7.98. The van der Waals surface area contributed by atoms with E-state index in [1.807, 2.05) is 29.8 Å². The molecule has 0 bridgehead atoms. The Balaban J connectivity index is 1.43. The third kappa shape index (κ3) is 3.99. The van der Waals surface area contributed by atoms with Crippen molar-refractivity contribution >= 4 is 29.1 Å². The Hall–Kier alpha value is -2.93. The summed E-state index contributed by atoms with van der Waals surface area (Å²) in [5.41, 5.74) is 1.57. The van der Waals surface area contributed by atoms with Crippen molar-refractivity contribution < 1.29 is 9.59 Å². The number of nitrogens with zero attached hydrogens (tertiary/aromatic N) is 3. The molecule has 1 aromatic heterocycles. The summed E-state index contributed by atoms with van der Waals surface area (Å²) in [5.74, 6) is 1.39. The molecule has 142 valence electrons. The highest BCUT2D eigenvalue weighted by Gasteiger charge is 2.29. The van der Waals surface area contributed by atoms with Crippen LogP contribution in [0.15, 0.2) is 59.8 Å². The van der Waals surface area contributed by atoms with Crippen molar-refractivity contribution in [2.45, 2.75) is 23.9 Å². The lowest BCUT2D eigenvalue weighted by molar-refractivity contribution is -0.113. The molecular formula is C21H20N4O2S. The number of anilines is 1. The van der Waals surface area contributed by atoms with E-state index < -0.39 is 0 Å². The number of ketones is 1. The molecule has 1 saturated carbocycles. The maximum absolute atomic E-state index is 12.8. The molecule has 1 aliphatic rings. The maximum atomic E-state index is 12.8. The lowest BCUT2D eigenvalue weighted by atomic mass is 10.0. The van der Waals surface area contributed by atoms with Gasteiger partial charge in [0.2, 0.25) is 5.91 Å². The number of carbonyl (C=O) groups excluding carboxylic acids is 2. The van der Waals surface area contributed by atoms with Gasteiger partial charge in [-0.05, 0) is 25.0 Å². The van der Waals surface area contributed by atoms with Gasteiger partial charge in [0.05, 0.1) is 11.4 Å². The van der Waals surface area contributed by atoms with Crippen LogP contribution in [0.4, 0.5) is 5.69 Å². The largest absolute Gasteiger partial charge is 0.325 e. The molecule has 7 heteroatoms. The van der Waals surface area contributed by atoms with Gasteiger partial charge >= 0.3 is 0 Å². The van der Waals surface area contributed by atoms with Crippen LogP contribution in [0.1, 0.15) is 40.5 Å². The van der Waals surface area contributed by atoms with Crippen molar-refractivity contribution in [1.29, 1.82) is 0 Å². The number of thioether (sulfide) groups is 1. The second-order valence-corrected chi connectivity index (χ2v) is 7.69. The van der Waals surface area contributed by atoms with Gasteiger partial charge < -0.3 is 9.88 Å². The van der Waals surface area contributed by atoms with Gasteiger partial charge in [-0.1, -0.05) is 54.2 Å². The smallest absolute Gasteiger partial charge is 0.234 e. The normalized spacial score (nSPS) is 13.3. The van der Waals surface area contributed by atoms with Crippen molar-refractivity contribution in [1.82, 2.24) is 14.8 Å². The van der Waals surface area contributed by atoms with Crippen molar-refractivity contribution in [2.24, 2.45) is 7.05 Å². The van der Waals surface area contributed by atoms with Crippen molar-refractivity contribution in [3.63, 3.8) is 0 Å². The van der Waals surface area contributed by atoms with E-state index in [0.717, 1.165) is 23.8 Å². The summed E-state index contributed by atoms with van der Waals surface area (Å²) in [5, 5.41) is 12.0. The lowest BCUT2D eigenvalue weighted by Gasteiger charge is -2.10. The monoisotopic (exact) mass is 392 g/mol. The van der Waals surface area contributed by atoms with Crippen molar-refractivity contribution in [3.8, 4) is 0 Å². The number of aromatic nitrogens is 3. The molecule has 0 saturated heterocycles. The van der Waals surface area contributed by atoms with Crippen LogP contribution >= 0.6 is 11.8 Å². The van der Waals surface area contributed by atoms with Crippen LogP contribution in [0.25, 0.3) is 0 Å². The molecule has 28 heavy (non-hydrogen) atoms. The quantitative estimate of drug-likeness (QED) is 0.491. The number of para-hydroxylation sites is 1. The molecule has 1 heterocycles. The number of rotatable bonds is 7. The van der Waals surface area contributed by atoms with Gasteiger partial charge in [0, 0.05) is 24.1 Å². The molecule has 1 amide bonds. The summed E-state index contributed by atoms with van der Waals surface area (Å²) in [7, 11) is 1.93. The summed E-state index contributed by atoms with van der Waals surface area (Å²) in [6, 6.07) is 16.1. The average molecular weight is 392 g/mol. The van der Waals surface area contributed by atoms with Gasteiger partial charge in [-0.2, -0.15) is 0 Å². The molecule has 3 aromatic rings. The number of amides is 1. The van der Waals surface area contributed by atoms with E-state index in [4.69, 9.17) is 0 Å². The summed E-state index contributed by atoms with van der Waals surface area (Å²) in [6.07, 6.45) is 2.31. The minimum absolute atomic E-state index is 0.119. The number of nitrogens with one attached hydrogen (secondary N) is 1. The van der Waals surface area contributed by atoms with E-state index in [9.17, 15) is 9.59 Å². The molecule has 1 aliphatic carbocycles. The first-order valence-corrected chi connectivity index (χ1v) is 10.1. The Labute approximate surface area is 167 Å². The summed E-state index contributed by atoms with van der Waals surface area (Å²) in [6.45, 7) is 0. The van der Waals surface area contributed by atoms with Crippen LogP contribution < -0.4 is 5.32 Å². The Morgan fingerprint density at radius 3 is 2.54 bits per heavy atom. The molecule has 1 N–H and O–H groups in total. The molecular weight excluding hydrogens is 372 g/mol. The van der Waals surface area contributed by atoms with Gasteiger partial charge in [-0.15, -0.1) is 10.2 Å². The summed E-state index contributed by atoms with van der Waals surface area (Å²) >= 11 is 1.34. The standard InChI is InChI=1S/C21H20N4O2S/c1-25-20(15-11-12-15)23-24-21(25)28-13-18(26)22-17-10-6-5-9-16(17)19(27)14-7-3-2-4-8-14/h2-10,15H,11-13H2,1H3,(H,22,26). The predicted molar refractivity (Wildman–Crippen MR) is 109 cm³/mol. The van der Waals surface area contributed by atoms with Crippen LogP contribution in [0.5, 0.6) is 0 Å². The predicted octanol–water partition coefficient (Wildman–Crippen LogP) is 3.65. The number of hydrogen-bond donors (Lipinski definition) is 1. The van der Waals surface area contributed by atoms with E-state index in [1.54, 1.807) is 36.4 Å². The Bertz CT molecular complexity index is 1010. The maximum Gasteiger partial charge on any atom is 0.234 e. The molecule has 1 fully saturated rings. The number of carbonyl (C=O) groups is 2. The van der Waals surface area contributed by atoms with Crippen molar-refractivity contribution in [3.05, 3.63) is 71.5 Å². The molecule has 0 radical (unpaired) electrons. The van der Waals surface area contributed by atoms with E-state index in [1.165, 1.54) is 11.8 Å². The first-order valence-electron chi connectivity index (χ1n) is 9.14. The average Bonchev–Trinajstić information content (AvgIpc) is 3.50. The zero-order valence-corrected chi connectivity index (χ0v) is 16.3. The van der Waals surface area contributed by atoms with Gasteiger partial charge in [0.1, 0.15) is 5.82 Å². The van der Waals surface area contributed by atoms with Gasteiger partial charge in [0.15, 0.2) is 10.9 Å². The SMILES string of the molecule is Cn1c(SCC(=O)Nc2ccccc2C(=O)c2ccccc2)nnc1C1CC1. The molecule has 0 unspecified atom stereocenters. The summed E-state index contributed by atoms with van der Waals surface area (Å²) in [4.78, 5) is 25.2. The van der Waals surface area contributed by atoms with Crippen LogP contribution in [-0.4, -0.2) is 32.2 Å². The van der Waals surface area contributed by atoms with Crippen molar-refractivity contribution in [2.75, 3.05) is 11.1 Å². The topological polar surface area (TPSA) is 76.9 Å². The fourth-order valence-electron chi connectivity index (χ4n) is 3.00. The molecule has 2 aromatic carbocycles. The van der Waals surface area contributed by atoms with Crippen LogP contribution in [-0.2, 0) is 11.8 Å². The van der Waals surface area contributed by atoms with Gasteiger partial charge in [-0.3, -0.25) is 9.59 Å². The van der Waals surface area contributed by atoms with E-state index in [-0.39, 0.29) is 17.4 Å². The third-order valence-corrected chi connectivity index (χ3v) is 5.65.